The number of aromatic nitrogens is 3. The number of nitrogens with zero attached hydrogens (tertiary/aromatic N) is 4. The second-order valence-corrected chi connectivity index (χ2v) is 7.10. The van der Waals surface area contributed by atoms with Gasteiger partial charge in [-0.3, -0.25) is 0 Å². The van der Waals surface area contributed by atoms with Crippen LogP contribution in [0.2, 0.25) is 0 Å². The van der Waals surface area contributed by atoms with Crippen LogP contribution in [0.25, 0.3) is 0 Å². The lowest BCUT2D eigenvalue weighted by Crippen LogP contribution is -2.41. The van der Waals surface area contributed by atoms with Gasteiger partial charge in [-0.2, -0.15) is 15.0 Å². The van der Waals surface area contributed by atoms with Crippen molar-refractivity contribution in [3.05, 3.63) is 0 Å². The highest BCUT2D eigenvalue weighted by atomic mass is 32.2. The summed E-state index contributed by atoms with van der Waals surface area (Å²) in [6.45, 7) is 4.54. The fourth-order valence-electron chi connectivity index (χ4n) is 1.78. The zero-order valence-electron chi connectivity index (χ0n) is 11.8. The highest BCUT2D eigenvalue weighted by Crippen LogP contribution is 2.17. The molecule has 1 fully saturated rings. The van der Waals surface area contributed by atoms with Crippen LogP contribution in [0.3, 0.4) is 0 Å². The van der Waals surface area contributed by atoms with E-state index in [2.05, 4.69) is 20.3 Å². The summed E-state index contributed by atoms with van der Waals surface area (Å²) in [4.78, 5) is 14.4. The molecule has 2 rings (SSSR count). The summed E-state index contributed by atoms with van der Waals surface area (Å²) in [5, 5.41) is 2.85. The molecule has 0 amide bonds. The molecule has 9 heteroatoms. The molecule has 0 aliphatic carbocycles. The molecule has 1 aromatic heterocycles. The van der Waals surface area contributed by atoms with Crippen LogP contribution in [0.5, 0.6) is 6.01 Å². The monoisotopic (exact) mass is 301 g/mol. The van der Waals surface area contributed by atoms with Crippen molar-refractivity contribution < 1.29 is 13.2 Å². The van der Waals surface area contributed by atoms with Crippen LogP contribution in [0.1, 0.15) is 13.8 Å². The number of rotatable bonds is 4. The van der Waals surface area contributed by atoms with Gasteiger partial charge in [0.05, 0.1) is 17.6 Å². The van der Waals surface area contributed by atoms with Crippen molar-refractivity contribution in [1.82, 2.24) is 15.0 Å². The van der Waals surface area contributed by atoms with Gasteiger partial charge in [0.25, 0.3) is 0 Å². The SMILES string of the molecule is CNc1nc(OC(C)C)nc(N2CCS(=O)(=O)CC2)n1. The quantitative estimate of drug-likeness (QED) is 0.825. The van der Waals surface area contributed by atoms with E-state index in [-0.39, 0.29) is 23.6 Å². The van der Waals surface area contributed by atoms with Gasteiger partial charge in [-0.05, 0) is 13.8 Å². The van der Waals surface area contributed by atoms with Crippen LogP contribution in [0.4, 0.5) is 11.9 Å². The largest absolute Gasteiger partial charge is 0.461 e. The lowest BCUT2D eigenvalue weighted by Gasteiger charge is -2.26. The van der Waals surface area contributed by atoms with Gasteiger partial charge in [-0.1, -0.05) is 0 Å². The third-order valence-corrected chi connectivity index (χ3v) is 4.40. The van der Waals surface area contributed by atoms with Crippen molar-refractivity contribution in [2.75, 3.05) is 41.9 Å². The number of hydrogen-bond acceptors (Lipinski definition) is 8. The molecule has 1 saturated heterocycles. The van der Waals surface area contributed by atoms with Crippen molar-refractivity contribution in [3.8, 4) is 6.01 Å². The summed E-state index contributed by atoms with van der Waals surface area (Å²) in [5.74, 6) is 1.08. The molecule has 0 atom stereocenters. The molecule has 0 aromatic carbocycles. The van der Waals surface area contributed by atoms with E-state index in [0.717, 1.165) is 0 Å². The van der Waals surface area contributed by atoms with Gasteiger partial charge in [0.15, 0.2) is 9.84 Å². The van der Waals surface area contributed by atoms with Gasteiger partial charge in [-0.25, -0.2) is 8.42 Å². The van der Waals surface area contributed by atoms with Crippen molar-refractivity contribution in [1.29, 1.82) is 0 Å². The van der Waals surface area contributed by atoms with E-state index in [1.54, 1.807) is 7.05 Å². The number of anilines is 2. The van der Waals surface area contributed by atoms with E-state index < -0.39 is 9.84 Å². The lowest BCUT2D eigenvalue weighted by atomic mass is 10.5. The Kier molecular flexibility index (Phi) is 4.26. The average Bonchev–Trinajstić information content (AvgIpc) is 2.37. The molecule has 0 bridgehead atoms. The molecule has 0 radical (unpaired) electrons. The number of sulfone groups is 1. The zero-order chi connectivity index (χ0) is 14.8. The first-order chi connectivity index (χ1) is 9.39. The minimum absolute atomic E-state index is 0.0447. The predicted molar refractivity (Wildman–Crippen MR) is 76.0 cm³/mol. The topological polar surface area (TPSA) is 97.3 Å². The van der Waals surface area contributed by atoms with Crippen LogP contribution in [0, 0.1) is 0 Å². The van der Waals surface area contributed by atoms with E-state index in [4.69, 9.17) is 4.74 Å². The summed E-state index contributed by atoms with van der Waals surface area (Å²) in [6.07, 6.45) is -0.0447. The molecule has 8 nitrogen and oxygen atoms in total. The third kappa shape index (κ3) is 3.69. The summed E-state index contributed by atoms with van der Waals surface area (Å²) >= 11 is 0. The van der Waals surface area contributed by atoms with Crippen molar-refractivity contribution in [2.24, 2.45) is 0 Å². The average molecular weight is 301 g/mol. The maximum absolute atomic E-state index is 11.4. The molecule has 0 unspecified atom stereocenters. The molecule has 1 aliphatic rings. The van der Waals surface area contributed by atoms with Gasteiger partial charge in [0.2, 0.25) is 11.9 Å². The zero-order valence-corrected chi connectivity index (χ0v) is 12.6. The van der Waals surface area contributed by atoms with Crippen molar-refractivity contribution >= 4 is 21.7 Å². The minimum atomic E-state index is -2.93. The van der Waals surface area contributed by atoms with E-state index in [1.165, 1.54) is 0 Å². The van der Waals surface area contributed by atoms with Gasteiger partial charge in [0, 0.05) is 20.1 Å². The first-order valence-electron chi connectivity index (χ1n) is 6.45. The van der Waals surface area contributed by atoms with Gasteiger partial charge < -0.3 is 15.0 Å². The van der Waals surface area contributed by atoms with Crippen molar-refractivity contribution in [2.45, 2.75) is 20.0 Å². The van der Waals surface area contributed by atoms with E-state index in [1.807, 2.05) is 18.7 Å². The Morgan fingerprint density at radius 3 is 2.40 bits per heavy atom. The Balaban J connectivity index is 2.22. The van der Waals surface area contributed by atoms with Crippen LogP contribution < -0.4 is 15.0 Å². The van der Waals surface area contributed by atoms with Crippen LogP contribution in [-0.4, -0.2) is 61.1 Å². The predicted octanol–water partition coefficient (Wildman–Crippen LogP) is -0.0647. The standard InChI is InChI=1S/C11H19N5O3S/c1-8(2)19-11-14-9(12-3)13-10(15-11)16-4-6-20(17,18)7-5-16/h8H,4-7H2,1-3H3,(H,12,13,14,15). The molecule has 1 N–H and O–H groups in total. The third-order valence-electron chi connectivity index (χ3n) is 2.80. The summed E-state index contributed by atoms with van der Waals surface area (Å²) < 4.78 is 28.4. The number of hydrogen-bond donors (Lipinski definition) is 1. The molecule has 1 aliphatic heterocycles. The highest BCUT2D eigenvalue weighted by molar-refractivity contribution is 7.91. The van der Waals surface area contributed by atoms with Crippen molar-refractivity contribution in [3.63, 3.8) is 0 Å². The Bertz CT molecular complexity index is 561. The molecular weight excluding hydrogens is 282 g/mol. The fourth-order valence-corrected chi connectivity index (χ4v) is 2.98. The molecular formula is C11H19N5O3S. The van der Waals surface area contributed by atoms with E-state index in [0.29, 0.717) is 25.0 Å². The first kappa shape index (κ1) is 14.8. The lowest BCUT2D eigenvalue weighted by molar-refractivity contribution is 0.222. The van der Waals surface area contributed by atoms with Crippen LogP contribution in [-0.2, 0) is 9.84 Å². The van der Waals surface area contributed by atoms with Gasteiger partial charge in [-0.15, -0.1) is 0 Å². The highest BCUT2D eigenvalue weighted by Gasteiger charge is 2.24. The molecule has 2 heterocycles. The molecule has 20 heavy (non-hydrogen) atoms. The fraction of sp³-hybridized carbons (Fsp3) is 0.727. The normalized spacial score (nSPS) is 18.1. The second-order valence-electron chi connectivity index (χ2n) is 4.80. The Labute approximate surface area is 118 Å². The summed E-state index contributed by atoms with van der Waals surface area (Å²) in [6, 6.07) is 0.239. The number of ether oxygens (including phenoxy) is 1. The molecule has 1 aromatic rings. The Hall–Kier alpha value is -1.64. The molecule has 0 saturated carbocycles. The number of nitrogens with one attached hydrogen (secondary N) is 1. The maximum Gasteiger partial charge on any atom is 0.323 e. The minimum Gasteiger partial charge on any atom is -0.461 e. The Morgan fingerprint density at radius 2 is 1.85 bits per heavy atom. The maximum atomic E-state index is 11.4. The second kappa shape index (κ2) is 5.78. The summed E-state index contributed by atoms with van der Waals surface area (Å²) in [7, 11) is -1.22. The molecule has 0 spiro atoms. The summed E-state index contributed by atoms with van der Waals surface area (Å²) in [5.41, 5.74) is 0. The van der Waals surface area contributed by atoms with E-state index >= 15 is 0 Å². The van der Waals surface area contributed by atoms with Crippen LogP contribution in [0.15, 0.2) is 0 Å². The van der Waals surface area contributed by atoms with Gasteiger partial charge in [0.1, 0.15) is 0 Å². The Morgan fingerprint density at radius 1 is 1.20 bits per heavy atom. The van der Waals surface area contributed by atoms with E-state index in [9.17, 15) is 8.42 Å². The molecule has 112 valence electrons. The van der Waals surface area contributed by atoms with Gasteiger partial charge >= 0.3 is 6.01 Å². The smallest absolute Gasteiger partial charge is 0.323 e. The first-order valence-corrected chi connectivity index (χ1v) is 8.27. The van der Waals surface area contributed by atoms with Crippen LogP contribution >= 0.6 is 0 Å².